The molecule has 0 spiro atoms. The first-order chi connectivity index (χ1) is 10.9. The van der Waals surface area contributed by atoms with Gasteiger partial charge in [-0.15, -0.1) is 0 Å². The fourth-order valence-electron chi connectivity index (χ4n) is 2.20. The van der Waals surface area contributed by atoms with Gasteiger partial charge in [-0.25, -0.2) is 17.8 Å². The minimum atomic E-state index is -3.93. The van der Waals surface area contributed by atoms with Gasteiger partial charge in [0.1, 0.15) is 22.6 Å². The third kappa shape index (κ3) is 2.72. The molecule has 3 aromatic rings. The molecule has 2 aromatic carbocycles. The maximum atomic E-state index is 13.6. The van der Waals surface area contributed by atoms with E-state index in [1.807, 2.05) is 0 Å². The molecule has 120 valence electrons. The van der Waals surface area contributed by atoms with E-state index in [0.717, 1.165) is 6.07 Å². The number of halogens is 1. The van der Waals surface area contributed by atoms with Crippen molar-refractivity contribution in [3.05, 3.63) is 48.0 Å². The normalized spacial score (nSPS) is 11.6. The van der Waals surface area contributed by atoms with Crippen LogP contribution in [0.3, 0.4) is 0 Å². The van der Waals surface area contributed by atoms with Crippen molar-refractivity contribution in [2.24, 2.45) is 0 Å². The van der Waals surface area contributed by atoms with Crippen molar-refractivity contribution in [3.63, 3.8) is 0 Å². The second kappa shape index (κ2) is 5.54. The minimum Gasteiger partial charge on any atom is -0.494 e. The van der Waals surface area contributed by atoms with Gasteiger partial charge in [0.25, 0.3) is 10.0 Å². The number of hydrogen-bond donors (Lipinski definition) is 2. The first kappa shape index (κ1) is 15.3. The summed E-state index contributed by atoms with van der Waals surface area (Å²) in [5, 5.41) is 0. The number of aryl methyl sites for hydroxylation is 1. The average molecular weight is 335 g/mol. The molecular weight excluding hydrogens is 321 g/mol. The van der Waals surface area contributed by atoms with Gasteiger partial charge in [0.2, 0.25) is 0 Å². The van der Waals surface area contributed by atoms with E-state index in [9.17, 15) is 12.8 Å². The van der Waals surface area contributed by atoms with Crippen molar-refractivity contribution in [1.29, 1.82) is 0 Å². The van der Waals surface area contributed by atoms with Crippen molar-refractivity contribution in [1.82, 2.24) is 9.97 Å². The SMILES string of the molecule is COc1ccc(NS(=O)(=O)c2ccc(C)c(F)c2)c2nc[nH]c12. The van der Waals surface area contributed by atoms with Crippen LogP contribution in [0.4, 0.5) is 10.1 Å². The lowest BCUT2D eigenvalue weighted by Gasteiger charge is -2.10. The summed E-state index contributed by atoms with van der Waals surface area (Å²) in [5.74, 6) is -0.0330. The quantitative estimate of drug-likeness (QED) is 0.768. The van der Waals surface area contributed by atoms with Crippen LogP contribution in [-0.2, 0) is 10.0 Å². The topological polar surface area (TPSA) is 84.1 Å². The number of nitrogens with zero attached hydrogens (tertiary/aromatic N) is 1. The summed E-state index contributed by atoms with van der Waals surface area (Å²) in [5.41, 5.74) is 1.65. The molecular formula is C15H14FN3O3S. The van der Waals surface area contributed by atoms with Gasteiger partial charge in [0.05, 0.1) is 24.0 Å². The third-order valence-electron chi connectivity index (χ3n) is 3.46. The van der Waals surface area contributed by atoms with Crippen LogP contribution in [0.15, 0.2) is 41.6 Å². The molecule has 1 aromatic heterocycles. The number of fused-ring (bicyclic) bond motifs is 1. The van der Waals surface area contributed by atoms with Crippen LogP contribution in [0.5, 0.6) is 5.75 Å². The predicted octanol–water partition coefficient (Wildman–Crippen LogP) is 2.82. The number of rotatable bonds is 4. The highest BCUT2D eigenvalue weighted by molar-refractivity contribution is 7.92. The van der Waals surface area contributed by atoms with Gasteiger partial charge in [-0.05, 0) is 36.8 Å². The molecule has 23 heavy (non-hydrogen) atoms. The Kier molecular flexibility index (Phi) is 3.69. The largest absolute Gasteiger partial charge is 0.494 e. The zero-order valence-corrected chi connectivity index (χ0v) is 13.2. The fraction of sp³-hybridized carbons (Fsp3) is 0.133. The number of hydrogen-bond acceptors (Lipinski definition) is 4. The first-order valence-corrected chi connectivity index (χ1v) is 8.20. The molecule has 6 nitrogen and oxygen atoms in total. The molecule has 0 aliphatic heterocycles. The Hall–Kier alpha value is -2.61. The Morgan fingerprint density at radius 2 is 2.04 bits per heavy atom. The summed E-state index contributed by atoms with van der Waals surface area (Å²) in [6.07, 6.45) is 1.44. The molecule has 1 heterocycles. The standard InChI is InChI=1S/C15H14FN3O3S/c1-9-3-4-10(7-11(9)16)23(20,21)19-12-5-6-13(22-2)15-14(12)17-8-18-15/h3-8,19H,1-2H3,(H,17,18). The molecule has 0 unspecified atom stereocenters. The van der Waals surface area contributed by atoms with Crippen molar-refractivity contribution < 1.29 is 17.5 Å². The zero-order valence-electron chi connectivity index (χ0n) is 12.4. The number of aromatic amines is 1. The van der Waals surface area contributed by atoms with Crippen molar-refractivity contribution in [3.8, 4) is 5.75 Å². The number of imidazole rings is 1. The maximum absolute atomic E-state index is 13.6. The lowest BCUT2D eigenvalue weighted by molar-refractivity contribution is 0.419. The molecule has 0 bridgehead atoms. The van der Waals surface area contributed by atoms with Crippen LogP contribution in [0.2, 0.25) is 0 Å². The monoisotopic (exact) mass is 335 g/mol. The van der Waals surface area contributed by atoms with Crippen LogP contribution in [0.1, 0.15) is 5.56 Å². The van der Waals surface area contributed by atoms with Crippen LogP contribution in [0, 0.1) is 12.7 Å². The predicted molar refractivity (Wildman–Crippen MR) is 84.6 cm³/mol. The van der Waals surface area contributed by atoms with Crippen LogP contribution in [-0.4, -0.2) is 25.5 Å². The van der Waals surface area contributed by atoms with Crippen molar-refractivity contribution in [2.75, 3.05) is 11.8 Å². The highest BCUT2D eigenvalue weighted by Crippen LogP contribution is 2.30. The average Bonchev–Trinajstić information content (AvgIpc) is 3.00. The number of ether oxygens (including phenoxy) is 1. The summed E-state index contributed by atoms with van der Waals surface area (Å²) in [6.45, 7) is 1.57. The van der Waals surface area contributed by atoms with Gasteiger partial charge in [-0.2, -0.15) is 0 Å². The molecule has 8 heteroatoms. The number of benzene rings is 2. The van der Waals surface area contributed by atoms with Gasteiger partial charge in [0.15, 0.2) is 0 Å². The molecule has 3 rings (SSSR count). The molecule has 0 aliphatic carbocycles. The number of sulfonamides is 1. The van der Waals surface area contributed by atoms with Gasteiger partial charge in [-0.1, -0.05) is 6.07 Å². The summed E-state index contributed by atoms with van der Waals surface area (Å²) in [4.78, 5) is 6.84. The fourth-order valence-corrected chi connectivity index (χ4v) is 3.28. The van der Waals surface area contributed by atoms with E-state index >= 15 is 0 Å². The number of nitrogens with one attached hydrogen (secondary N) is 2. The highest BCUT2D eigenvalue weighted by Gasteiger charge is 2.18. The Morgan fingerprint density at radius 1 is 1.26 bits per heavy atom. The summed E-state index contributed by atoms with van der Waals surface area (Å²) >= 11 is 0. The highest BCUT2D eigenvalue weighted by atomic mass is 32.2. The smallest absolute Gasteiger partial charge is 0.262 e. The Labute approximate surface area is 132 Å². The van der Waals surface area contributed by atoms with E-state index in [0.29, 0.717) is 22.3 Å². The molecule has 0 saturated heterocycles. The van der Waals surface area contributed by atoms with E-state index in [1.54, 1.807) is 19.1 Å². The number of aromatic nitrogens is 2. The molecule has 0 aliphatic rings. The second-order valence-corrected chi connectivity index (χ2v) is 6.64. The van der Waals surface area contributed by atoms with Crippen LogP contribution >= 0.6 is 0 Å². The van der Waals surface area contributed by atoms with Gasteiger partial charge < -0.3 is 9.72 Å². The van der Waals surface area contributed by atoms with Crippen molar-refractivity contribution in [2.45, 2.75) is 11.8 Å². The maximum Gasteiger partial charge on any atom is 0.262 e. The van der Waals surface area contributed by atoms with E-state index in [1.165, 1.54) is 25.6 Å². The molecule has 0 atom stereocenters. The summed E-state index contributed by atoms with van der Waals surface area (Å²) in [7, 11) is -2.42. The summed E-state index contributed by atoms with van der Waals surface area (Å²) in [6, 6.07) is 6.93. The first-order valence-electron chi connectivity index (χ1n) is 6.71. The lowest BCUT2D eigenvalue weighted by Crippen LogP contribution is -2.13. The number of anilines is 1. The Bertz CT molecular complexity index is 983. The minimum absolute atomic E-state index is 0.153. The van der Waals surface area contributed by atoms with E-state index < -0.39 is 15.8 Å². The Morgan fingerprint density at radius 3 is 2.74 bits per heavy atom. The molecule has 0 amide bonds. The van der Waals surface area contributed by atoms with Gasteiger partial charge in [-0.3, -0.25) is 4.72 Å². The van der Waals surface area contributed by atoms with E-state index in [4.69, 9.17) is 4.74 Å². The molecule has 0 fully saturated rings. The van der Waals surface area contributed by atoms with Crippen LogP contribution < -0.4 is 9.46 Å². The third-order valence-corrected chi connectivity index (χ3v) is 4.82. The van der Waals surface area contributed by atoms with E-state index in [2.05, 4.69) is 14.7 Å². The molecule has 0 saturated carbocycles. The van der Waals surface area contributed by atoms with Crippen molar-refractivity contribution >= 4 is 26.7 Å². The Balaban J connectivity index is 2.04. The van der Waals surface area contributed by atoms with Crippen LogP contribution in [0.25, 0.3) is 11.0 Å². The zero-order chi connectivity index (χ0) is 16.6. The van der Waals surface area contributed by atoms with E-state index in [-0.39, 0.29) is 10.6 Å². The van der Waals surface area contributed by atoms with Gasteiger partial charge in [0, 0.05) is 0 Å². The lowest BCUT2D eigenvalue weighted by atomic mass is 10.2. The summed E-state index contributed by atoms with van der Waals surface area (Å²) < 4.78 is 46.1. The second-order valence-electron chi connectivity index (χ2n) is 4.96. The number of methoxy groups -OCH3 is 1. The molecule has 0 radical (unpaired) electrons. The molecule has 2 N–H and O–H groups in total. The van der Waals surface area contributed by atoms with Gasteiger partial charge >= 0.3 is 0 Å². The number of H-pyrrole nitrogens is 1.